The molecule has 0 aromatic rings. The molecule has 1 atom stereocenters. The minimum atomic E-state index is -0.902. The lowest BCUT2D eigenvalue weighted by molar-refractivity contribution is -0.137. The van der Waals surface area contributed by atoms with Gasteiger partial charge < -0.3 is 10.6 Å². The van der Waals surface area contributed by atoms with Gasteiger partial charge in [-0.3, -0.25) is 4.79 Å². The summed E-state index contributed by atoms with van der Waals surface area (Å²) in [5.41, 5.74) is 8.87. The monoisotopic (exact) mass is 200 g/mol. The van der Waals surface area contributed by atoms with Gasteiger partial charge in [-0.05, 0) is 0 Å². The van der Waals surface area contributed by atoms with Crippen LogP contribution < -0.4 is 0 Å². The van der Waals surface area contributed by atoms with Crippen molar-refractivity contribution in [3.8, 4) is 0 Å². The lowest BCUT2D eigenvalue weighted by Crippen LogP contribution is -2.16. The van der Waals surface area contributed by atoms with Crippen LogP contribution in [0.2, 0.25) is 0 Å². The van der Waals surface area contributed by atoms with E-state index in [1.54, 1.807) is 24.3 Å². The number of hydrogen-bond acceptors (Lipinski definition) is 1. The lowest BCUT2D eigenvalue weighted by atomic mass is 9.95. The van der Waals surface area contributed by atoms with Gasteiger partial charge in [0.2, 0.25) is 0 Å². The maximum Gasteiger partial charge on any atom is 0.304 e. The van der Waals surface area contributed by atoms with Crippen molar-refractivity contribution < 1.29 is 14.7 Å². The first-order chi connectivity index (χ1) is 5.74. The molecule has 0 aliphatic heterocycles. The second-order valence-corrected chi connectivity index (χ2v) is 2.47. The second kappa shape index (κ2) is 5.30. The first kappa shape index (κ1) is 11.6. The molecule has 70 valence electrons. The summed E-state index contributed by atoms with van der Waals surface area (Å²) in [6, 6.07) is 0. The predicted molar refractivity (Wildman–Crippen MR) is 49.9 cm³/mol. The van der Waals surface area contributed by atoms with Crippen LogP contribution in [0.5, 0.6) is 0 Å². The zero-order chi connectivity index (χ0) is 8.97. The highest BCUT2D eigenvalue weighted by Gasteiger charge is 2.22. The molecule has 1 aliphatic carbocycles. The van der Waals surface area contributed by atoms with E-state index in [9.17, 15) is 4.79 Å². The van der Waals surface area contributed by atoms with E-state index in [0.29, 0.717) is 5.71 Å². The molecule has 1 N–H and O–H groups in total. The fraction of sp³-hybridized carbons (Fsp3) is 0.250. The largest absolute Gasteiger partial charge is 0.481 e. The number of aliphatic carboxylic acids is 1. The topological polar surface area (TPSA) is 73.7 Å². The Labute approximate surface area is 81.6 Å². The molecule has 0 spiro atoms. The standard InChI is InChI=1S/C8H8N2O2.ClH/c9-10-7-4-2-1-3-6(7)5-8(11)12;/h1-4,6H,5H2,(H,11,12);1H. The van der Waals surface area contributed by atoms with Gasteiger partial charge in [-0.15, -0.1) is 12.4 Å². The van der Waals surface area contributed by atoms with Crippen LogP contribution in [0.3, 0.4) is 0 Å². The lowest BCUT2D eigenvalue weighted by Gasteiger charge is -2.04. The van der Waals surface area contributed by atoms with Crippen molar-refractivity contribution >= 4 is 24.1 Å². The third-order valence-corrected chi connectivity index (χ3v) is 1.61. The second-order valence-electron chi connectivity index (χ2n) is 2.47. The summed E-state index contributed by atoms with van der Waals surface area (Å²) >= 11 is 0. The Balaban J connectivity index is 0.00000144. The molecule has 0 radical (unpaired) electrons. The number of carbonyl (C=O) groups is 1. The number of carboxylic acid groups (broad SMARTS) is 1. The van der Waals surface area contributed by atoms with Crippen LogP contribution in [0.1, 0.15) is 6.42 Å². The van der Waals surface area contributed by atoms with Crippen LogP contribution >= 0.6 is 12.4 Å². The molecule has 1 unspecified atom stereocenters. The minimum absolute atomic E-state index is 0. The Hall–Kier alpha value is -1.38. The van der Waals surface area contributed by atoms with E-state index in [0.717, 1.165) is 0 Å². The molecule has 0 heterocycles. The molecular weight excluding hydrogens is 192 g/mol. The maximum absolute atomic E-state index is 10.3. The van der Waals surface area contributed by atoms with Crippen LogP contribution in [-0.2, 0) is 4.79 Å². The Morgan fingerprint density at radius 1 is 1.62 bits per heavy atom. The molecule has 0 amide bonds. The van der Waals surface area contributed by atoms with E-state index in [1.807, 2.05) is 0 Å². The summed E-state index contributed by atoms with van der Waals surface area (Å²) in [5, 5.41) is 8.48. The van der Waals surface area contributed by atoms with E-state index in [-0.39, 0.29) is 24.7 Å². The van der Waals surface area contributed by atoms with Crippen molar-refractivity contribution in [3.05, 3.63) is 29.8 Å². The molecule has 13 heavy (non-hydrogen) atoms. The van der Waals surface area contributed by atoms with Gasteiger partial charge in [-0.2, -0.15) is 4.79 Å². The Morgan fingerprint density at radius 3 is 2.85 bits per heavy atom. The number of nitrogens with zero attached hydrogens (tertiary/aromatic N) is 2. The smallest absolute Gasteiger partial charge is 0.304 e. The molecule has 1 aliphatic rings. The third kappa shape index (κ3) is 3.23. The molecular formula is C8H9ClN2O2. The average molecular weight is 201 g/mol. The molecule has 0 saturated heterocycles. The van der Waals surface area contributed by atoms with Gasteiger partial charge >= 0.3 is 5.97 Å². The van der Waals surface area contributed by atoms with Crippen LogP contribution in [-0.4, -0.2) is 21.6 Å². The summed E-state index contributed by atoms with van der Waals surface area (Å²) in [6.45, 7) is 0. The quantitative estimate of drug-likeness (QED) is 0.539. The zero-order valence-corrected chi connectivity index (χ0v) is 7.57. The number of rotatable bonds is 2. The normalized spacial score (nSPS) is 19.1. The number of halogens is 1. The fourth-order valence-electron chi connectivity index (χ4n) is 1.04. The van der Waals surface area contributed by atoms with Gasteiger partial charge in [0.1, 0.15) is 0 Å². The zero-order valence-electron chi connectivity index (χ0n) is 6.75. The van der Waals surface area contributed by atoms with Crippen molar-refractivity contribution in [2.75, 3.05) is 0 Å². The van der Waals surface area contributed by atoms with Crippen molar-refractivity contribution in [1.29, 1.82) is 0 Å². The minimum Gasteiger partial charge on any atom is -0.481 e. The maximum atomic E-state index is 10.3. The van der Waals surface area contributed by atoms with Crippen LogP contribution in [0.15, 0.2) is 24.3 Å². The van der Waals surface area contributed by atoms with Crippen LogP contribution in [0, 0.1) is 5.92 Å². The molecule has 1 rings (SSSR count). The SMILES string of the molecule is Cl.[N-]=[N+]=C1C=CC=CC1CC(=O)O. The first-order valence-electron chi connectivity index (χ1n) is 3.52. The summed E-state index contributed by atoms with van der Waals surface area (Å²) in [5.74, 6) is -1.21. The number of hydrogen-bond donors (Lipinski definition) is 1. The molecule has 0 fully saturated rings. The summed E-state index contributed by atoms with van der Waals surface area (Å²) in [4.78, 5) is 13.3. The molecule has 0 aromatic heterocycles. The van der Waals surface area contributed by atoms with Crippen LogP contribution in [0.4, 0.5) is 0 Å². The molecule has 0 saturated carbocycles. The van der Waals surface area contributed by atoms with E-state index in [2.05, 4.69) is 4.79 Å². The molecule has 4 nitrogen and oxygen atoms in total. The van der Waals surface area contributed by atoms with Gasteiger partial charge in [0, 0.05) is 6.08 Å². The molecule has 0 aromatic carbocycles. The highest BCUT2D eigenvalue weighted by Crippen LogP contribution is 2.11. The Bertz CT molecular complexity index is 303. The van der Waals surface area contributed by atoms with Crippen molar-refractivity contribution in [2.45, 2.75) is 6.42 Å². The van der Waals surface area contributed by atoms with Gasteiger partial charge in [-0.25, -0.2) is 0 Å². The van der Waals surface area contributed by atoms with Crippen molar-refractivity contribution in [2.24, 2.45) is 5.92 Å². The van der Waals surface area contributed by atoms with Crippen LogP contribution in [0.25, 0.3) is 5.53 Å². The van der Waals surface area contributed by atoms with E-state index in [4.69, 9.17) is 10.6 Å². The predicted octanol–water partition coefficient (Wildman–Crippen LogP) is 1.30. The fourth-order valence-corrected chi connectivity index (χ4v) is 1.04. The van der Waals surface area contributed by atoms with Gasteiger partial charge in [0.15, 0.2) is 0 Å². The summed E-state index contributed by atoms with van der Waals surface area (Å²) < 4.78 is 0. The summed E-state index contributed by atoms with van der Waals surface area (Å²) in [6.07, 6.45) is 6.69. The van der Waals surface area contributed by atoms with Gasteiger partial charge in [0.05, 0.1) is 12.3 Å². The van der Waals surface area contributed by atoms with Gasteiger partial charge in [-0.1, -0.05) is 18.2 Å². The van der Waals surface area contributed by atoms with E-state index < -0.39 is 5.97 Å². The van der Waals surface area contributed by atoms with E-state index >= 15 is 0 Å². The average Bonchev–Trinajstić information content (AvgIpc) is 2.04. The number of carboxylic acids is 1. The third-order valence-electron chi connectivity index (χ3n) is 1.61. The van der Waals surface area contributed by atoms with Crippen molar-refractivity contribution in [1.82, 2.24) is 0 Å². The highest BCUT2D eigenvalue weighted by molar-refractivity contribution is 5.96. The Morgan fingerprint density at radius 2 is 2.31 bits per heavy atom. The number of allylic oxidation sites excluding steroid dienone is 4. The molecule has 5 heteroatoms. The van der Waals surface area contributed by atoms with E-state index in [1.165, 1.54) is 0 Å². The first-order valence-corrected chi connectivity index (χ1v) is 3.52. The Kier molecular flexibility index (Phi) is 4.74. The highest BCUT2D eigenvalue weighted by atomic mass is 35.5. The molecule has 0 bridgehead atoms. The van der Waals surface area contributed by atoms with Gasteiger partial charge in [0.25, 0.3) is 5.71 Å². The summed E-state index contributed by atoms with van der Waals surface area (Å²) in [7, 11) is 0. The van der Waals surface area contributed by atoms with Crippen molar-refractivity contribution in [3.63, 3.8) is 0 Å².